The van der Waals surface area contributed by atoms with Gasteiger partial charge in [0.15, 0.2) is 0 Å². The lowest BCUT2D eigenvalue weighted by atomic mass is 10.3. The highest BCUT2D eigenvalue weighted by atomic mass is 32.2. The third-order valence-corrected chi connectivity index (χ3v) is 1.62. The van der Waals surface area contributed by atoms with Crippen LogP contribution in [0.25, 0.3) is 0 Å². The molecular weight excluding hydrogens is 202 g/mol. The van der Waals surface area contributed by atoms with E-state index in [0.717, 1.165) is 0 Å². The van der Waals surface area contributed by atoms with E-state index in [1.54, 1.807) is 0 Å². The highest BCUT2D eigenvalue weighted by Gasteiger charge is 1.98. The van der Waals surface area contributed by atoms with Gasteiger partial charge in [0, 0.05) is 0 Å². The molecule has 0 unspecified atom stereocenters. The van der Waals surface area contributed by atoms with Gasteiger partial charge in [-0.1, -0.05) is 20.8 Å². The number of rotatable bonds is 6. The molecule has 0 rings (SSSR count). The van der Waals surface area contributed by atoms with Crippen LogP contribution in [0.1, 0.15) is 40.0 Å². The maximum atomic E-state index is 8.44. The van der Waals surface area contributed by atoms with E-state index >= 15 is 0 Å². The van der Waals surface area contributed by atoms with Crippen LogP contribution in [-0.4, -0.2) is 37.2 Å². The molecule has 0 aromatic heterocycles. The average Bonchev–Trinajstić information content (AvgIpc) is 2.04. The molecule has 0 heterocycles. The third-order valence-electron chi connectivity index (χ3n) is 1.62. The fraction of sp³-hybridized carbons (Fsp3) is 1.00. The third kappa shape index (κ3) is 17.6. The van der Waals surface area contributed by atoms with Gasteiger partial charge >= 0.3 is 10.6 Å². The molecule has 0 aromatic carbocycles. The summed E-state index contributed by atoms with van der Waals surface area (Å²) < 4.78 is 25.3. The lowest BCUT2D eigenvalue weighted by molar-refractivity contribution is 0.275. The summed E-state index contributed by atoms with van der Waals surface area (Å²) in [5.74, 6) is 0. The SMILES string of the molecule is CCCN(CCC)CCC.O=S(=O)=O. The monoisotopic (exact) mass is 223 g/mol. The van der Waals surface area contributed by atoms with Crippen molar-refractivity contribution in [1.82, 2.24) is 4.90 Å². The van der Waals surface area contributed by atoms with E-state index in [9.17, 15) is 0 Å². The molecule has 0 N–H and O–H groups in total. The van der Waals surface area contributed by atoms with Crippen LogP contribution in [0.4, 0.5) is 0 Å². The molecule has 0 radical (unpaired) electrons. The van der Waals surface area contributed by atoms with E-state index in [1.165, 1.54) is 38.9 Å². The first kappa shape index (κ1) is 16.0. The molecule has 0 spiro atoms. The molecule has 0 fully saturated rings. The first-order valence-corrected chi connectivity index (χ1v) is 6.07. The zero-order chi connectivity index (χ0) is 11.4. The fourth-order valence-corrected chi connectivity index (χ4v) is 1.28. The second kappa shape index (κ2) is 12.6. The Bertz CT molecular complexity index is 178. The summed E-state index contributed by atoms with van der Waals surface area (Å²) in [6.45, 7) is 10.6. The second-order valence-electron chi connectivity index (χ2n) is 3.05. The molecule has 86 valence electrons. The minimum atomic E-state index is -3.11. The van der Waals surface area contributed by atoms with Crippen molar-refractivity contribution < 1.29 is 12.6 Å². The number of hydrogen-bond acceptors (Lipinski definition) is 4. The Labute approximate surface area is 88.4 Å². The number of hydrogen-bond donors (Lipinski definition) is 0. The molecule has 0 aliphatic heterocycles. The Morgan fingerprint density at radius 1 is 0.786 bits per heavy atom. The Morgan fingerprint density at radius 3 is 1.14 bits per heavy atom. The van der Waals surface area contributed by atoms with Gasteiger partial charge in [-0.2, -0.15) is 0 Å². The zero-order valence-corrected chi connectivity index (χ0v) is 10.1. The van der Waals surface area contributed by atoms with Crippen molar-refractivity contribution >= 4 is 10.6 Å². The first-order chi connectivity index (χ1) is 6.58. The van der Waals surface area contributed by atoms with E-state index in [0.29, 0.717) is 0 Å². The molecule has 0 atom stereocenters. The Hall–Kier alpha value is -0.420. The van der Waals surface area contributed by atoms with E-state index < -0.39 is 10.6 Å². The van der Waals surface area contributed by atoms with Crippen LogP contribution in [-0.2, 0) is 10.6 Å². The Balaban J connectivity index is 0. The summed E-state index contributed by atoms with van der Waals surface area (Å²) in [7, 11) is -3.11. The quantitative estimate of drug-likeness (QED) is 0.685. The van der Waals surface area contributed by atoms with Crippen molar-refractivity contribution in [2.45, 2.75) is 40.0 Å². The summed E-state index contributed by atoms with van der Waals surface area (Å²) in [5, 5.41) is 0. The van der Waals surface area contributed by atoms with E-state index in [-0.39, 0.29) is 0 Å². The van der Waals surface area contributed by atoms with Gasteiger partial charge in [0.2, 0.25) is 0 Å². The minimum Gasteiger partial charge on any atom is -0.303 e. The standard InChI is InChI=1S/C9H21N.O3S/c1-4-7-10(8-5-2)9-6-3;1-4(2)3/h4-9H2,1-3H3;. The molecule has 0 aromatic rings. The predicted octanol–water partition coefficient (Wildman–Crippen LogP) is 1.51. The molecule has 0 bridgehead atoms. The van der Waals surface area contributed by atoms with E-state index in [4.69, 9.17) is 12.6 Å². The van der Waals surface area contributed by atoms with Gasteiger partial charge in [-0.05, 0) is 38.9 Å². The van der Waals surface area contributed by atoms with Crippen molar-refractivity contribution in [2.75, 3.05) is 19.6 Å². The van der Waals surface area contributed by atoms with Crippen LogP contribution in [0.5, 0.6) is 0 Å². The van der Waals surface area contributed by atoms with Crippen LogP contribution in [0.3, 0.4) is 0 Å². The lowest BCUT2D eigenvalue weighted by Gasteiger charge is -2.19. The van der Waals surface area contributed by atoms with Crippen molar-refractivity contribution in [3.63, 3.8) is 0 Å². The maximum absolute atomic E-state index is 8.44. The Morgan fingerprint density at radius 2 is 1.00 bits per heavy atom. The fourth-order valence-electron chi connectivity index (χ4n) is 1.28. The molecule has 14 heavy (non-hydrogen) atoms. The lowest BCUT2D eigenvalue weighted by Crippen LogP contribution is -2.25. The minimum absolute atomic E-state index is 1.28. The highest BCUT2D eigenvalue weighted by Crippen LogP contribution is 1.94. The van der Waals surface area contributed by atoms with Gasteiger partial charge in [-0.25, -0.2) is 0 Å². The molecule has 0 saturated heterocycles. The molecule has 0 aliphatic carbocycles. The number of nitrogens with zero attached hydrogens (tertiary/aromatic N) is 1. The van der Waals surface area contributed by atoms with Crippen LogP contribution < -0.4 is 0 Å². The Kier molecular flexibility index (Phi) is 14.4. The van der Waals surface area contributed by atoms with Crippen LogP contribution >= 0.6 is 0 Å². The average molecular weight is 223 g/mol. The van der Waals surface area contributed by atoms with Gasteiger partial charge in [-0.3, -0.25) is 0 Å². The van der Waals surface area contributed by atoms with E-state index in [2.05, 4.69) is 25.7 Å². The van der Waals surface area contributed by atoms with Crippen molar-refractivity contribution in [2.24, 2.45) is 0 Å². The van der Waals surface area contributed by atoms with Crippen molar-refractivity contribution in [1.29, 1.82) is 0 Å². The summed E-state index contributed by atoms with van der Waals surface area (Å²) in [5.41, 5.74) is 0. The summed E-state index contributed by atoms with van der Waals surface area (Å²) in [6.07, 6.45) is 3.88. The van der Waals surface area contributed by atoms with Crippen LogP contribution in [0, 0.1) is 0 Å². The van der Waals surface area contributed by atoms with Gasteiger partial charge in [0.05, 0.1) is 0 Å². The van der Waals surface area contributed by atoms with Crippen LogP contribution in [0.2, 0.25) is 0 Å². The summed E-state index contributed by atoms with van der Waals surface area (Å²) in [4.78, 5) is 2.54. The molecule has 0 aliphatic rings. The highest BCUT2D eigenvalue weighted by molar-refractivity contribution is 7.59. The van der Waals surface area contributed by atoms with Gasteiger partial charge in [0.1, 0.15) is 0 Å². The van der Waals surface area contributed by atoms with Crippen LogP contribution in [0.15, 0.2) is 0 Å². The largest absolute Gasteiger partial charge is 0.425 e. The predicted molar refractivity (Wildman–Crippen MR) is 57.0 cm³/mol. The zero-order valence-electron chi connectivity index (χ0n) is 9.32. The summed E-state index contributed by atoms with van der Waals surface area (Å²) >= 11 is 0. The molecule has 0 amide bonds. The molecule has 5 heteroatoms. The molecular formula is C9H21NO3S. The van der Waals surface area contributed by atoms with Gasteiger partial charge in [0.25, 0.3) is 0 Å². The van der Waals surface area contributed by atoms with E-state index in [1.807, 2.05) is 0 Å². The summed E-state index contributed by atoms with van der Waals surface area (Å²) in [6, 6.07) is 0. The topological polar surface area (TPSA) is 54.5 Å². The first-order valence-electron chi connectivity index (χ1n) is 5.07. The smallest absolute Gasteiger partial charge is 0.303 e. The molecule has 0 saturated carbocycles. The second-order valence-corrected chi connectivity index (χ2v) is 3.45. The van der Waals surface area contributed by atoms with Gasteiger partial charge in [-0.15, -0.1) is 12.6 Å². The normalized spacial score (nSPS) is 9.43. The maximum Gasteiger partial charge on any atom is 0.425 e. The molecule has 4 nitrogen and oxygen atoms in total. The van der Waals surface area contributed by atoms with Crippen molar-refractivity contribution in [3.8, 4) is 0 Å². The van der Waals surface area contributed by atoms with Crippen molar-refractivity contribution in [3.05, 3.63) is 0 Å². The van der Waals surface area contributed by atoms with Gasteiger partial charge < -0.3 is 4.90 Å².